The number of allylic oxidation sites excluding steroid dienone is 5. The summed E-state index contributed by atoms with van der Waals surface area (Å²) in [6, 6.07) is 25.6. The maximum Gasteiger partial charge on any atom is 0.219 e. The van der Waals surface area contributed by atoms with E-state index in [2.05, 4.69) is 120 Å². The van der Waals surface area contributed by atoms with Gasteiger partial charge in [0.2, 0.25) is 5.88 Å². The molecule has 232 valence electrons. The number of imidazole rings is 1. The van der Waals surface area contributed by atoms with Crippen molar-refractivity contribution in [1.29, 1.82) is 0 Å². The molecule has 0 N–H and O–H groups in total. The number of hydrogen-bond donors (Lipinski definition) is 0. The summed E-state index contributed by atoms with van der Waals surface area (Å²) in [5, 5.41) is 2.55. The van der Waals surface area contributed by atoms with E-state index in [0.717, 1.165) is 29.1 Å². The van der Waals surface area contributed by atoms with Crippen LogP contribution in [-0.4, -0.2) is 14.5 Å². The lowest BCUT2D eigenvalue weighted by Crippen LogP contribution is -2.05. The second kappa shape index (κ2) is 13.3. The largest absolute Gasteiger partial charge is 0.443 e. The number of rotatable bonds is 10. The van der Waals surface area contributed by atoms with Crippen molar-refractivity contribution in [3.05, 3.63) is 138 Å². The monoisotopic (exact) mass is 623 g/mol. The lowest BCUT2D eigenvalue weighted by molar-refractivity contribution is 0.394. The average molecular weight is 624 g/mol. The third-order valence-electron chi connectivity index (χ3n) is 8.41. The third kappa shape index (κ3) is 6.20. The van der Waals surface area contributed by atoms with Crippen LogP contribution in [0.4, 0.5) is 0 Å². The van der Waals surface area contributed by atoms with Crippen LogP contribution in [0.15, 0.2) is 116 Å². The topological polar surface area (TPSA) is 39.9 Å². The summed E-state index contributed by atoms with van der Waals surface area (Å²) in [7, 11) is 0. The predicted molar refractivity (Wildman–Crippen MR) is 196 cm³/mol. The highest BCUT2D eigenvalue weighted by Gasteiger charge is 2.17. The molecule has 46 heavy (non-hydrogen) atoms. The molecule has 0 aliphatic heterocycles. The molecule has 0 aliphatic rings. The van der Waals surface area contributed by atoms with Gasteiger partial charge >= 0.3 is 0 Å². The van der Waals surface area contributed by atoms with Crippen LogP contribution >= 0.6 is 11.3 Å². The summed E-state index contributed by atoms with van der Waals surface area (Å²) in [5.41, 5.74) is 8.82. The number of pyridine rings is 1. The van der Waals surface area contributed by atoms with Crippen LogP contribution in [0.1, 0.15) is 75.3 Å². The highest BCUT2D eigenvalue weighted by Crippen LogP contribution is 2.41. The maximum absolute atomic E-state index is 6.31. The van der Waals surface area contributed by atoms with Crippen molar-refractivity contribution < 1.29 is 4.74 Å². The molecule has 5 heteroatoms. The van der Waals surface area contributed by atoms with Gasteiger partial charge < -0.3 is 9.30 Å². The van der Waals surface area contributed by atoms with Gasteiger partial charge in [-0.1, -0.05) is 108 Å². The molecular weight excluding hydrogens is 583 g/mol. The van der Waals surface area contributed by atoms with E-state index >= 15 is 0 Å². The molecular formula is C41H41N3OS. The Kier molecular flexibility index (Phi) is 9.05. The Bertz CT molecular complexity index is 2080. The number of aryl methyl sites for hydroxylation is 1. The van der Waals surface area contributed by atoms with Crippen LogP contribution in [0.2, 0.25) is 0 Å². The van der Waals surface area contributed by atoms with Crippen molar-refractivity contribution in [2.75, 3.05) is 0 Å². The first-order valence-corrected chi connectivity index (χ1v) is 16.9. The molecule has 0 spiro atoms. The quantitative estimate of drug-likeness (QED) is 0.113. The van der Waals surface area contributed by atoms with Gasteiger partial charge in [0.25, 0.3) is 0 Å². The standard InChI is InChI=1S/C41H41N3OS/c1-8-30(15-11-14-28(6)36-24-44(25-42-36)40-31(26(2)3)17-12-18-32(40)27(4)5)45-38-21-13-19-35(43-38)39-29(7)22-23-34-33-16-9-10-20-37(33)46-41(34)39/h9-27H,6,8H2,1-5,7H3/b14-11-,30-15+. The van der Waals surface area contributed by atoms with E-state index in [-0.39, 0.29) is 0 Å². The minimum absolute atomic E-state index is 0.406. The summed E-state index contributed by atoms with van der Waals surface area (Å²) < 4.78 is 11.0. The molecule has 0 atom stereocenters. The highest BCUT2D eigenvalue weighted by atomic mass is 32.1. The minimum Gasteiger partial charge on any atom is -0.443 e. The Morgan fingerprint density at radius 3 is 2.39 bits per heavy atom. The molecule has 0 saturated heterocycles. The summed E-state index contributed by atoms with van der Waals surface area (Å²) in [5.74, 6) is 2.22. The molecule has 6 aromatic rings. The summed E-state index contributed by atoms with van der Waals surface area (Å²) in [4.78, 5) is 9.67. The van der Waals surface area contributed by atoms with E-state index < -0.39 is 0 Å². The van der Waals surface area contributed by atoms with Gasteiger partial charge in [-0.3, -0.25) is 0 Å². The number of thiophene rings is 1. The van der Waals surface area contributed by atoms with E-state index in [0.29, 0.717) is 17.7 Å². The van der Waals surface area contributed by atoms with Crippen LogP contribution in [0.25, 0.3) is 42.7 Å². The molecule has 0 radical (unpaired) electrons. The zero-order chi connectivity index (χ0) is 32.4. The van der Waals surface area contributed by atoms with Gasteiger partial charge in [-0.2, -0.15) is 0 Å². The smallest absolute Gasteiger partial charge is 0.219 e. The van der Waals surface area contributed by atoms with Crippen LogP contribution in [0.5, 0.6) is 5.88 Å². The number of hydrogen-bond acceptors (Lipinski definition) is 4. The fourth-order valence-electron chi connectivity index (χ4n) is 5.95. The predicted octanol–water partition coefficient (Wildman–Crippen LogP) is 11.8. The van der Waals surface area contributed by atoms with Crippen molar-refractivity contribution in [3.63, 3.8) is 0 Å². The first kappa shape index (κ1) is 31.3. The lowest BCUT2D eigenvalue weighted by atomic mass is 9.92. The van der Waals surface area contributed by atoms with Crippen molar-refractivity contribution >= 4 is 37.1 Å². The number of nitrogens with zero attached hydrogens (tertiary/aromatic N) is 3. The van der Waals surface area contributed by atoms with Crippen molar-refractivity contribution in [2.45, 2.75) is 59.8 Å². The first-order chi connectivity index (χ1) is 22.2. The molecule has 3 heterocycles. The van der Waals surface area contributed by atoms with E-state index in [1.165, 1.54) is 48.1 Å². The zero-order valence-corrected chi connectivity index (χ0v) is 28.4. The molecule has 0 unspecified atom stereocenters. The second-order valence-electron chi connectivity index (χ2n) is 12.3. The van der Waals surface area contributed by atoms with E-state index in [1.54, 1.807) is 0 Å². The molecule has 0 aliphatic carbocycles. The minimum atomic E-state index is 0.406. The van der Waals surface area contributed by atoms with Gasteiger partial charge in [-0.15, -0.1) is 11.3 Å². The Morgan fingerprint density at radius 2 is 1.65 bits per heavy atom. The summed E-state index contributed by atoms with van der Waals surface area (Å²) in [6.45, 7) is 17.5. The van der Waals surface area contributed by atoms with Gasteiger partial charge in [-0.05, 0) is 59.2 Å². The fraction of sp³-hybridized carbons (Fsp3) is 0.220. The molecule has 0 fully saturated rings. The highest BCUT2D eigenvalue weighted by molar-refractivity contribution is 7.26. The molecule has 3 aromatic heterocycles. The van der Waals surface area contributed by atoms with E-state index in [1.807, 2.05) is 48.0 Å². The van der Waals surface area contributed by atoms with Gasteiger partial charge in [0.1, 0.15) is 5.76 Å². The van der Waals surface area contributed by atoms with Crippen LogP contribution in [0, 0.1) is 6.92 Å². The number of benzene rings is 3. The Hall–Kier alpha value is -4.74. The molecule has 0 bridgehead atoms. The van der Waals surface area contributed by atoms with Crippen molar-refractivity contribution in [2.24, 2.45) is 0 Å². The Balaban J connectivity index is 1.22. The SMILES string of the molecule is C=C(/C=C\C=C(/CC)Oc1cccc(-c2c(C)ccc3c2sc2ccccc23)n1)c1cn(-c2c(C(C)C)cccc2C(C)C)cn1. The summed E-state index contributed by atoms with van der Waals surface area (Å²) >= 11 is 1.82. The van der Waals surface area contributed by atoms with Crippen LogP contribution < -0.4 is 4.74 Å². The van der Waals surface area contributed by atoms with Gasteiger partial charge in [0.05, 0.1) is 23.4 Å². The normalized spacial score (nSPS) is 12.3. The fourth-order valence-corrected chi connectivity index (χ4v) is 7.26. The van der Waals surface area contributed by atoms with Gasteiger partial charge in [0, 0.05) is 44.4 Å². The Labute approximate surface area is 276 Å². The van der Waals surface area contributed by atoms with Crippen LogP contribution in [0.3, 0.4) is 0 Å². The summed E-state index contributed by atoms with van der Waals surface area (Å²) in [6.07, 6.45) is 10.7. The molecule has 0 saturated carbocycles. The zero-order valence-electron chi connectivity index (χ0n) is 27.5. The van der Waals surface area contributed by atoms with Crippen molar-refractivity contribution in [1.82, 2.24) is 14.5 Å². The molecule has 6 rings (SSSR count). The van der Waals surface area contributed by atoms with Gasteiger partial charge in [0.15, 0.2) is 0 Å². The number of aromatic nitrogens is 3. The lowest BCUT2D eigenvalue weighted by Gasteiger charge is -2.20. The number of ether oxygens (including phenoxy) is 1. The van der Waals surface area contributed by atoms with Crippen molar-refractivity contribution in [3.8, 4) is 22.8 Å². The maximum atomic E-state index is 6.31. The number of para-hydroxylation sites is 1. The van der Waals surface area contributed by atoms with Gasteiger partial charge in [-0.25, -0.2) is 9.97 Å². The Morgan fingerprint density at radius 1 is 0.913 bits per heavy atom. The number of fused-ring (bicyclic) bond motifs is 3. The molecule has 0 amide bonds. The third-order valence-corrected chi connectivity index (χ3v) is 9.61. The molecule has 4 nitrogen and oxygen atoms in total. The average Bonchev–Trinajstić information content (AvgIpc) is 3.69. The first-order valence-electron chi connectivity index (χ1n) is 16.0. The second-order valence-corrected chi connectivity index (χ2v) is 13.4. The van der Waals surface area contributed by atoms with E-state index in [4.69, 9.17) is 14.7 Å². The molecule has 3 aromatic carbocycles. The van der Waals surface area contributed by atoms with E-state index in [9.17, 15) is 0 Å². The van der Waals surface area contributed by atoms with Crippen LogP contribution in [-0.2, 0) is 0 Å².